The monoisotopic (exact) mass is 560 g/mol. The van der Waals surface area contributed by atoms with Gasteiger partial charge in [0.1, 0.15) is 12.1 Å². The van der Waals surface area contributed by atoms with Gasteiger partial charge in [0.2, 0.25) is 11.7 Å². The third-order valence-corrected chi connectivity index (χ3v) is 5.63. The molecule has 2 aromatic heterocycles. The van der Waals surface area contributed by atoms with Crippen molar-refractivity contribution in [1.29, 1.82) is 0 Å². The van der Waals surface area contributed by atoms with Crippen LogP contribution in [0.25, 0.3) is 22.6 Å². The fraction of sp³-hybridized carbons (Fsp3) is 0.310. The highest BCUT2D eigenvalue weighted by Crippen LogP contribution is 2.22. The van der Waals surface area contributed by atoms with Crippen LogP contribution in [0, 0.1) is 0 Å². The van der Waals surface area contributed by atoms with Crippen molar-refractivity contribution < 1.29 is 23.6 Å². The van der Waals surface area contributed by atoms with E-state index in [1.54, 1.807) is 59.0 Å². The molecule has 0 unspecified atom stereocenters. The van der Waals surface area contributed by atoms with Gasteiger partial charge in [-0.25, -0.2) is 14.3 Å². The summed E-state index contributed by atoms with van der Waals surface area (Å²) >= 11 is 0. The molecule has 0 fully saturated rings. The first-order valence-corrected chi connectivity index (χ1v) is 13.0. The SMILES string of the molecule is CCOC(=O)Nc1cccc(Cn2nc(-c3ccc(-c4noc(CN(C)C(=O)OC(C)(C)C)n4)cc3)ccc2=O)c1. The molecule has 214 valence electrons. The molecule has 0 saturated heterocycles. The molecular weight excluding hydrogens is 528 g/mol. The van der Waals surface area contributed by atoms with E-state index in [0.29, 0.717) is 22.8 Å². The lowest BCUT2D eigenvalue weighted by atomic mass is 10.1. The lowest BCUT2D eigenvalue weighted by molar-refractivity contribution is 0.0268. The van der Waals surface area contributed by atoms with E-state index in [1.165, 1.54) is 15.6 Å². The van der Waals surface area contributed by atoms with Crippen LogP contribution in [0.2, 0.25) is 0 Å². The Morgan fingerprint density at radius 2 is 1.78 bits per heavy atom. The number of aromatic nitrogens is 4. The highest BCUT2D eigenvalue weighted by atomic mass is 16.6. The van der Waals surface area contributed by atoms with Crippen molar-refractivity contribution in [2.45, 2.75) is 46.4 Å². The Morgan fingerprint density at radius 1 is 1.05 bits per heavy atom. The second-order valence-electron chi connectivity index (χ2n) is 10.2. The predicted molar refractivity (Wildman–Crippen MR) is 151 cm³/mol. The van der Waals surface area contributed by atoms with Crippen LogP contribution in [-0.2, 0) is 22.6 Å². The normalized spacial score (nSPS) is 11.1. The fourth-order valence-corrected chi connectivity index (χ4v) is 3.76. The van der Waals surface area contributed by atoms with Gasteiger partial charge < -0.3 is 18.9 Å². The van der Waals surface area contributed by atoms with Gasteiger partial charge in [0.15, 0.2) is 0 Å². The van der Waals surface area contributed by atoms with Crippen LogP contribution >= 0.6 is 0 Å². The summed E-state index contributed by atoms with van der Waals surface area (Å²) in [5.41, 5.74) is 2.57. The standard InChI is InChI=1S/C29H32N6O6/c1-6-39-27(37)30-22-9-7-8-19(16-22)17-35-25(36)15-14-23(32-35)20-10-12-21(13-11-20)26-31-24(41-33-26)18-34(5)28(38)40-29(2,3)4/h7-16H,6,17-18H2,1-5H3,(H,30,37). The van der Waals surface area contributed by atoms with Gasteiger partial charge in [-0.3, -0.25) is 10.1 Å². The molecule has 12 heteroatoms. The number of carbonyl (C=O) groups excluding carboxylic acids is 2. The van der Waals surface area contributed by atoms with E-state index in [2.05, 4.69) is 20.6 Å². The zero-order valence-electron chi connectivity index (χ0n) is 23.6. The fourth-order valence-electron chi connectivity index (χ4n) is 3.76. The van der Waals surface area contributed by atoms with Gasteiger partial charge in [0.05, 0.1) is 18.8 Å². The molecule has 1 N–H and O–H groups in total. The highest BCUT2D eigenvalue weighted by Gasteiger charge is 2.21. The average Bonchev–Trinajstić information content (AvgIpc) is 3.38. The van der Waals surface area contributed by atoms with Crippen molar-refractivity contribution in [3.05, 3.63) is 82.5 Å². The van der Waals surface area contributed by atoms with Crippen LogP contribution in [0.15, 0.2) is 70.0 Å². The van der Waals surface area contributed by atoms with Crippen molar-refractivity contribution in [3.8, 4) is 22.6 Å². The molecule has 2 amide bonds. The summed E-state index contributed by atoms with van der Waals surface area (Å²) in [4.78, 5) is 42.2. The van der Waals surface area contributed by atoms with Crippen LogP contribution in [0.1, 0.15) is 39.1 Å². The quantitative estimate of drug-likeness (QED) is 0.317. The number of hydrogen-bond donors (Lipinski definition) is 1. The maximum absolute atomic E-state index is 12.5. The number of amides is 2. The van der Waals surface area contributed by atoms with E-state index < -0.39 is 17.8 Å². The third kappa shape index (κ3) is 8.01. The lowest BCUT2D eigenvalue weighted by Crippen LogP contribution is -2.33. The van der Waals surface area contributed by atoms with E-state index in [1.807, 2.05) is 30.3 Å². The zero-order valence-corrected chi connectivity index (χ0v) is 23.6. The first-order valence-electron chi connectivity index (χ1n) is 13.0. The summed E-state index contributed by atoms with van der Waals surface area (Å²) in [6.07, 6.45) is -1.04. The molecule has 2 heterocycles. The average molecular weight is 561 g/mol. The zero-order chi connectivity index (χ0) is 29.6. The van der Waals surface area contributed by atoms with Crippen LogP contribution in [0.4, 0.5) is 15.3 Å². The molecule has 0 aliphatic heterocycles. The molecule has 0 aliphatic rings. The molecule has 0 spiro atoms. The van der Waals surface area contributed by atoms with Gasteiger partial charge in [-0.1, -0.05) is 41.6 Å². The summed E-state index contributed by atoms with van der Waals surface area (Å²) in [7, 11) is 1.59. The molecule has 0 bridgehead atoms. The number of ether oxygens (including phenoxy) is 2. The Hall–Kier alpha value is -5.00. The Morgan fingerprint density at radius 3 is 2.49 bits per heavy atom. The summed E-state index contributed by atoms with van der Waals surface area (Å²) in [5.74, 6) is 0.645. The number of hydrogen-bond acceptors (Lipinski definition) is 9. The first-order chi connectivity index (χ1) is 19.5. The molecule has 0 atom stereocenters. The van der Waals surface area contributed by atoms with Gasteiger partial charge >= 0.3 is 12.2 Å². The number of carbonyl (C=O) groups is 2. The molecule has 2 aromatic carbocycles. The van der Waals surface area contributed by atoms with E-state index in [-0.39, 0.29) is 31.1 Å². The van der Waals surface area contributed by atoms with Gasteiger partial charge in [-0.05, 0) is 51.5 Å². The van der Waals surface area contributed by atoms with Crippen molar-refractivity contribution in [3.63, 3.8) is 0 Å². The number of anilines is 1. The van der Waals surface area contributed by atoms with Crippen molar-refractivity contribution in [2.24, 2.45) is 0 Å². The third-order valence-electron chi connectivity index (χ3n) is 5.63. The largest absolute Gasteiger partial charge is 0.450 e. The van der Waals surface area contributed by atoms with Crippen LogP contribution in [0.5, 0.6) is 0 Å². The number of benzene rings is 2. The Labute approximate surface area is 236 Å². The molecule has 41 heavy (non-hydrogen) atoms. The minimum Gasteiger partial charge on any atom is -0.450 e. The molecule has 0 radical (unpaired) electrons. The molecule has 12 nitrogen and oxygen atoms in total. The molecule has 4 rings (SSSR count). The predicted octanol–water partition coefficient (Wildman–Crippen LogP) is 4.94. The topological polar surface area (TPSA) is 142 Å². The van der Waals surface area contributed by atoms with Crippen LogP contribution in [0.3, 0.4) is 0 Å². The number of rotatable bonds is 8. The van der Waals surface area contributed by atoms with Gasteiger partial charge in [0.25, 0.3) is 5.56 Å². The number of nitrogens with one attached hydrogen (secondary N) is 1. The van der Waals surface area contributed by atoms with E-state index in [9.17, 15) is 14.4 Å². The van der Waals surface area contributed by atoms with Crippen molar-refractivity contribution >= 4 is 17.9 Å². The minimum absolute atomic E-state index is 0.104. The first kappa shape index (κ1) is 29.0. The van der Waals surface area contributed by atoms with E-state index in [4.69, 9.17) is 14.0 Å². The number of nitrogens with zero attached hydrogens (tertiary/aromatic N) is 5. The second-order valence-corrected chi connectivity index (χ2v) is 10.2. The molecule has 0 aliphatic carbocycles. The summed E-state index contributed by atoms with van der Waals surface area (Å²) in [6, 6.07) is 17.6. The van der Waals surface area contributed by atoms with E-state index >= 15 is 0 Å². The van der Waals surface area contributed by atoms with Crippen LogP contribution in [-0.4, -0.2) is 56.3 Å². The Kier molecular flexibility index (Phi) is 8.81. The molecular formula is C29H32N6O6. The second kappa shape index (κ2) is 12.5. The maximum Gasteiger partial charge on any atom is 0.411 e. The lowest BCUT2D eigenvalue weighted by Gasteiger charge is -2.23. The Bertz CT molecular complexity index is 1570. The Balaban J connectivity index is 1.45. The summed E-state index contributed by atoms with van der Waals surface area (Å²) < 4.78 is 16.9. The van der Waals surface area contributed by atoms with Crippen molar-refractivity contribution in [1.82, 2.24) is 24.8 Å². The van der Waals surface area contributed by atoms with Gasteiger partial charge in [0, 0.05) is 29.9 Å². The minimum atomic E-state index is -0.608. The van der Waals surface area contributed by atoms with Crippen molar-refractivity contribution in [2.75, 3.05) is 19.0 Å². The molecule has 4 aromatic rings. The highest BCUT2D eigenvalue weighted by molar-refractivity contribution is 5.84. The van der Waals surface area contributed by atoms with Gasteiger partial charge in [-0.15, -0.1) is 0 Å². The smallest absolute Gasteiger partial charge is 0.411 e. The van der Waals surface area contributed by atoms with Gasteiger partial charge in [-0.2, -0.15) is 10.1 Å². The summed E-state index contributed by atoms with van der Waals surface area (Å²) in [5, 5.41) is 11.2. The molecule has 0 saturated carbocycles. The maximum atomic E-state index is 12.5. The van der Waals surface area contributed by atoms with E-state index in [0.717, 1.165) is 11.1 Å². The van der Waals surface area contributed by atoms with Crippen LogP contribution < -0.4 is 10.9 Å². The summed E-state index contributed by atoms with van der Waals surface area (Å²) in [6.45, 7) is 7.70.